The molecule has 3 N–H and O–H groups in total. The zero-order valence-electron chi connectivity index (χ0n) is 21.3. The van der Waals surface area contributed by atoms with Crippen LogP contribution in [0.2, 0.25) is 0 Å². The van der Waals surface area contributed by atoms with Crippen LogP contribution < -0.4 is 10.0 Å². The summed E-state index contributed by atoms with van der Waals surface area (Å²) in [5.41, 5.74) is 3.90. The number of aliphatic hydroxyl groups excluding tert-OH is 1. The standard InChI is InChI=1S/C28H33N5O3S/c1-28(2,3)32-37(35,36)25-6-4-5-21(17-25)26-16-13-23-18-29-27(31-33(23)26)30-22-11-7-19(8-12-22)20-9-14-24(34)15-10-20/h4-8,11-13,16-18,20,24,32,34H,9-10,14-15H2,1-3H3,(H,30,31). The van der Waals surface area contributed by atoms with Gasteiger partial charge in [0.2, 0.25) is 16.0 Å². The Balaban J connectivity index is 1.38. The quantitative estimate of drug-likeness (QED) is 0.322. The molecule has 0 bridgehead atoms. The van der Waals surface area contributed by atoms with Crippen molar-refractivity contribution in [2.24, 2.45) is 0 Å². The molecule has 194 valence electrons. The average Bonchev–Trinajstić information content (AvgIpc) is 3.27. The van der Waals surface area contributed by atoms with Gasteiger partial charge >= 0.3 is 0 Å². The molecule has 2 heterocycles. The van der Waals surface area contributed by atoms with Crippen LogP contribution in [0.1, 0.15) is 57.9 Å². The van der Waals surface area contributed by atoms with Crippen LogP contribution in [-0.4, -0.2) is 39.8 Å². The highest BCUT2D eigenvalue weighted by atomic mass is 32.2. The maximum absolute atomic E-state index is 12.9. The Bertz CT molecular complexity index is 1500. The van der Waals surface area contributed by atoms with Crippen molar-refractivity contribution in [2.45, 2.75) is 68.9 Å². The van der Waals surface area contributed by atoms with E-state index in [0.717, 1.165) is 48.1 Å². The molecular formula is C28H33N5O3S. The van der Waals surface area contributed by atoms with Crippen molar-refractivity contribution in [2.75, 3.05) is 5.32 Å². The monoisotopic (exact) mass is 519 g/mol. The van der Waals surface area contributed by atoms with Crippen LogP contribution in [0.15, 0.2) is 71.8 Å². The number of anilines is 2. The topological polar surface area (TPSA) is 109 Å². The van der Waals surface area contributed by atoms with Crippen molar-refractivity contribution >= 4 is 27.2 Å². The molecule has 1 aliphatic rings. The molecule has 37 heavy (non-hydrogen) atoms. The lowest BCUT2D eigenvalue weighted by Gasteiger charge is -2.25. The SMILES string of the molecule is CC(C)(C)NS(=O)(=O)c1cccc(-c2ccc3cnc(Nc4ccc(C5CCC(O)CC5)cc4)nn23)c1. The largest absolute Gasteiger partial charge is 0.393 e. The van der Waals surface area contributed by atoms with E-state index in [-0.39, 0.29) is 11.0 Å². The lowest BCUT2D eigenvalue weighted by molar-refractivity contribution is 0.122. The van der Waals surface area contributed by atoms with Gasteiger partial charge in [-0.25, -0.2) is 22.6 Å². The average molecular weight is 520 g/mol. The highest BCUT2D eigenvalue weighted by Gasteiger charge is 2.23. The fourth-order valence-electron chi connectivity index (χ4n) is 4.84. The van der Waals surface area contributed by atoms with Gasteiger partial charge in [0.25, 0.3) is 0 Å². The second kappa shape index (κ2) is 9.89. The van der Waals surface area contributed by atoms with Gasteiger partial charge in [-0.1, -0.05) is 24.3 Å². The zero-order chi connectivity index (χ0) is 26.2. The maximum atomic E-state index is 12.9. The number of aromatic nitrogens is 3. The minimum absolute atomic E-state index is 0.158. The van der Waals surface area contributed by atoms with Gasteiger partial charge in [-0.15, -0.1) is 5.10 Å². The van der Waals surface area contributed by atoms with E-state index < -0.39 is 15.6 Å². The molecule has 0 atom stereocenters. The van der Waals surface area contributed by atoms with Crippen molar-refractivity contribution in [1.82, 2.24) is 19.3 Å². The second-order valence-electron chi connectivity index (χ2n) is 10.8. The van der Waals surface area contributed by atoms with Crippen LogP contribution in [0, 0.1) is 0 Å². The smallest absolute Gasteiger partial charge is 0.245 e. The van der Waals surface area contributed by atoms with Gasteiger partial charge in [0, 0.05) is 16.8 Å². The van der Waals surface area contributed by atoms with E-state index in [1.165, 1.54) is 5.56 Å². The summed E-state index contributed by atoms with van der Waals surface area (Å²) in [7, 11) is -3.67. The summed E-state index contributed by atoms with van der Waals surface area (Å²) in [6, 6.07) is 19.0. The van der Waals surface area contributed by atoms with Crippen molar-refractivity contribution < 1.29 is 13.5 Å². The third-order valence-electron chi connectivity index (χ3n) is 6.61. The fraction of sp³-hybridized carbons (Fsp3) is 0.357. The molecular weight excluding hydrogens is 486 g/mol. The number of aliphatic hydroxyl groups is 1. The molecule has 8 nitrogen and oxygen atoms in total. The molecule has 9 heteroatoms. The summed E-state index contributed by atoms with van der Waals surface area (Å²) in [5.74, 6) is 0.933. The van der Waals surface area contributed by atoms with Crippen LogP contribution in [0.3, 0.4) is 0 Å². The van der Waals surface area contributed by atoms with E-state index >= 15 is 0 Å². The summed E-state index contributed by atoms with van der Waals surface area (Å²) in [6.45, 7) is 5.44. The van der Waals surface area contributed by atoms with Crippen molar-refractivity contribution in [3.63, 3.8) is 0 Å². The van der Waals surface area contributed by atoms with Gasteiger partial charge in [-0.2, -0.15) is 0 Å². The molecule has 2 aromatic carbocycles. The van der Waals surface area contributed by atoms with E-state index in [2.05, 4.69) is 32.3 Å². The van der Waals surface area contributed by atoms with Crippen LogP contribution in [-0.2, 0) is 10.0 Å². The Labute approximate surface area is 217 Å². The summed E-state index contributed by atoms with van der Waals surface area (Å²) >= 11 is 0. The number of nitrogens with one attached hydrogen (secondary N) is 2. The van der Waals surface area contributed by atoms with Crippen LogP contribution in [0.5, 0.6) is 0 Å². The third-order valence-corrected chi connectivity index (χ3v) is 8.37. The van der Waals surface area contributed by atoms with E-state index in [1.54, 1.807) is 28.9 Å². The lowest BCUT2D eigenvalue weighted by Crippen LogP contribution is -2.40. The molecule has 0 unspecified atom stereocenters. The van der Waals surface area contributed by atoms with Gasteiger partial charge in [-0.05, 0) is 94.3 Å². The van der Waals surface area contributed by atoms with Crippen molar-refractivity contribution in [1.29, 1.82) is 0 Å². The van der Waals surface area contributed by atoms with Crippen LogP contribution in [0.25, 0.3) is 16.8 Å². The summed E-state index contributed by atoms with van der Waals surface area (Å²) in [4.78, 5) is 4.65. The number of rotatable bonds is 6. The number of nitrogens with zero attached hydrogens (tertiary/aromatic N) is 3. The molecule has 2 aromatic heterocycles. The molecule has 0 radical (unpaired) electrons. The minimum Gasteiger partial charge on any atom is -0.393 e. The fourth-order valence-corrected chi connectivity index (χ4v) is 6.30. The molecule has 0 spiro atoms. The van der Waals surface area contributed by atoms with Crippen LogP contribution >= 0.6 is 0 Å². The maximum Gasteiger partial charge on any atom is 0.245 e. The minimum atomic E-state index is -3.67. The van der Waals surface area contributed by atoms with Crippen LogP contribution in [0.4, 0.5) is 11.6 Å². The van der Waals surface area contributed by atoms with Crippen molar-refractivity contribution in [3.05, 3.63) is 72.4 Å². The number of hydrogen-bond acceptors (Lipinski definition) is 6. The molecule has 1 saturated carbocycles. The Hall–Kier alpha value is -3.27. The van der Waals surface area contributed by atoms with Gasteiger partial charge in [-0.3, -0.25) is 0 Å². The predicted molar refractivity (Wildman–Crippen MR) is 145 cm³/mol. The summed E-state index contributed by atoms with van der Waals surface area (Å²) < 4.78 is 30.2. The van der Waals surface area contributed by atoms with E-state index in [9.17, 15) is 13.5 Å². The van der Waals surface area contributed by atoms with E-state index in [4.69, 9.17) is 0 Å². The lowest BCUT2D eigenvalue weighted by atomic mass is 9.83. The van der Waals surface area contributed by atoms with E-state index in [1.807, 2.05) is 51.1 Å². The number of sulfonamides is 1. The Kier molecular flexibility index (Phi) is 6.78. The molecule has 1 aliphatic carbocycles. The predicted octanol–water partition coefficient (Wildman–Crippen LogP) is 5.24. The normalized spacial score (nSPS) is 18.7. The third kappa shape index (κ3) is 5.84. The highest BCUT2D eigenvalue weighted by Crippen LogP contribution is 2.33. The molecule has 4 aromatic rings. The molecule has 1 fully saturated rings. The van der Waals surface area contributed by atoms with Crippen molar-refractivity contribution in [3.8, 4) is 11.3 Å². The number of benzene rings is 2. The second-order valence-corrected chi connectivity index (χ2v) is 12.5. The highest BCUT2D eigenvalue weighted by molar-refractivity contribution is 7.89. The summed E-state index contributed by atoms with van der Waals surface area (Å²) in [5, 5.41) is 17.7. The first-order chi connectivity index (χ1) is 17.6. The Morgan fingerprint density at radius 1 is 0.973 bits per heavy atom. The van der Waals surface area contributed by atoms with Gasteiger partial charge in [0.1, 0.15) is 0 Å². The van der Waals surface area contributed by atoms with Gasteiger partial charge in [0.15, 0.2) is 0 Å². The molecule has 0 saturated heterocycles. The molecule has 0 aliphatic heterocycles. The van der Waals surface area contributed by atoms with Gasteiger partial charge < -0.3 is 10.4 Å². The molecule has 0 amide bonds. The molecule has 5 rings (SSSR count). The first-order valence-electron chi connectivity index (χ1n) is 12.6. The van der Waals surface area contributed by atoms with E-state index in [0.29, 0.717) is 11.9 Å². The summed E-state index contributed by atoms with van der Waals surface area (Å²) in [6.07, 6.45) is 5.33. The Morgan fingerprint density at radius 3 is 2.41 bits per heavy atom. The zero-order valence-corrected chi connectivity index (χ0v) is 22.2. The Morgan fingerprint density at radius 2 is 1.70 bits per heavy atom. The first-order valence-corrected chi connectivity index (χ1v) is 14.1. The number of fused-ring (bicyclic) bond motifs is 1. The number of hydrogen-bond donors (Lipinski definition) is 3. The van der Waals surface area contributed by atoms with Gasteiger partial charge in [0.05, 0.1) is 28.4 Å². The first kappa shape index (κ1) is 25.4.